The number of nitrogens with one attached hydrogen (secondary N) is 3. The second-order valence-electron chi connectivity index (χ2n) is 6.43. The number of carbonyl (C=O) groups is 1. The van der Waals surface area contributed by atoms with Crippen molar-refractivity contribution in [1.82, 2.24) is 16.0 Å². The summed E-state index contributed by atoms with van der Waals surface area (Å²) in [5.41, 5.74) is 0. The van der Waals surface area contributed by atoms with Crippen molar-refractivity contribution in [2.45, 2.75) is 51.2 Å². The number of hydrogen-bond donors (Lipinski definition) is 3. The lowest BCUT2D eigenvalue weighted by Gasteiger charge is -2.20. The van der Waals surface area contributed by atoms with E-state index >= 15 is 0 Å². The van der Waals surface area contributed by atoms with Gasteiger partial charge in [0.25, 0.3) is 0 Å². The van der Waals surface area contributed by atoms with E-state index in [1.165, 1.54) is 12.1 Å². The van der Waals surface area contributed by atoms with Gasteiger partial charge in [-0.3, -0.25) is 9.79 Å². The molecule has 1 amide bonds. The lowest BCUT2D eigenvalue weighted by atomic mass is 10.2. The Morgan fingerprint density at radius 2 is 2.19 bits per heavy atom. The topological polar surface area (TPSA) is 74.8 Å². The third-order valence-electron chi connectivity index (χ3n) is 4.09. The second-order valence-corrected chi connectivity index (χ2v) is 6.43. The summed E-state index contributed by atoms with van der Waals surface area (Å²) >= 11 is 0. The van der Waals surface area contributed by atoms with Gasteiger partial charge in [-0.25, -0.2) is 4.39 Å². The van der Waals surface area contributed by atoms with E-state index in [0.29, 0.717) is 37.3 Å². The zero-order chi connectivity index (χ0) is 18.8. The van der Waals surface area contributed by atoms with Gasteiger partial charge in [0, 0.05) is 32.1 Å². The Balaban J connectivity index is 1.64. The average Bonchev–Trinajstić information content (AvgIpc) is 3.43. The van der Waals surface area contributed by atoms with Crippen LogP contribution in [0.5, 0.6) is 5.75 Å². The van der Waals surface area contributed by atoms with E-state index in [1.54, 1.807) is 19.2 Å². The first kappa shape index (κ1) is 20.0. The summed E-state index contributed by atoms with van der Waals surface area (Å²) in [5, 5.41) is 9.37. The fourth-order valence-electron chi connectivity index (χ4n) is 2.42. The van der Waals surface area contributed by atoms with Crippen LogP contribution in [0.2, 0.25) is 0 Å². The molecule has 0 bridgehead atoms. The fraction of sp³-hybridized carbons (Fsp3) is 0.579. The molecule has 1 atom stereocenters. The number of hydrogen-bond acceptors (Lipinski definition) is 3. The van der Waals surface area contributed by atoms with Gasteiger partial charge in [0.1, 0.15) is 17.7 Å². The minimum absolute atomic E-state index is 0.0975. The highest BCUT2D eigenvalue weighted by atomic mass is 19.1. The molecular formula is C19H29FN4O2. The number of halogens is 1. The lowest BCUT2D eigenvalue weighted by molar-refractivity contribution is -0.121. The Kier molecular flexibility index (Phi) is 8.18. The van der Waals surface area contributed by atoms with Crippen LogP contribution in [0.4, 0.5) is 4.39 Å². The summed E-state index contributed by atoms with van der Waals surface area (Å²) in [6.45, 7) is 3.23. The first-order valence-corrected chi connectivity index (χ1v) is 9.26. The number of carbonyl (C=O) groups excluding carboxylic acids is 1. The molecule has 144 valence electrons. The normalized spacial score (nSPS) is 15.3. The van der Waals surface area contributed by atoms with Crippen LogP contribution in [-0.2, 0) is 4.79 Å². The van der Waals surface area contributed by atoms with Crippen LogP contribution in [0, 0.1) is 5.82 Å². The minimum Gasteiger partial charge on any atom is -0.489 e. The van der Waals surface area contributed by atoms with Gasteiger partial charge in [0.15, 0.2) is 5.96 Å². The maximum atomic E-state index is 13.2. The molecule has 1 aliphatic carbocycles. The molecule has 3 N–H and O–H groups in total. The van der Waals surface area contributed by atoms with Crippen molar-refractivity contribution in [3.8, 4) is 5.75 Å². The summed E-state index contributed by atoms with van der Waals surface area (Å²) in [5.74, 6) is 0.984. The van der Waals surface area contributed by atoms with Crippen LogP contribution in [0.3, 0.4) is 0 Å². The molecule has 0 radical (unpaired) electrons. The maximum Gasteiger partial charge on any atom is 0.220 e. The van der Waals surface area contributed by atoms with Crippen LogP contribution in [0.1, 0.15) is 39.0 Å². The number of aliphatic imine (C=N–C) groups is 1. The van der Waals surface area contributed by atoms with Gasteiger partial charge in [-0.2, -0.15) is 0 Å². The van der Waals surface area contributed by atoms with E-state index in [1.807, 2.05) is 6.92 Å². The maximum absolute atomic E-state index is 13.2. The highest BCUT2D eigenvalue weighted by molar-refractivity contribution is 5.80. The number of guanidine groups is 1. The summed E-state index contributed by atoms with van der Waals surface area (Å²) in [6, 6.07) is 6.55. The smallest absolute Gasteiger partial charge is 0.220 e. The number of amides is 1. The fourth-order valence-corrected chi connectivity index (χ4v) is 2.42. The molecule has 0 heterocycles. The van der Waals surface area contributed by atoms with Gasteiger partial charge in [0.05, 0.1) is 6.54 Å². The molecular weight excluding hydrogens is 335 g/mol. The molecule has 0 aromatic heterocycles. The molecule has 1 unspecified atom stereocenters. The molecule has 1 saturated carbocycles. The van der Waals surface area contributed by atoms with Crippen LogP contribution in [0.25, 0.3) is 0 Å². The third-order valence-corrected chi connectivity index (χ3v) is 4.09. The Morgan fingerprint density at radius 3 is 2.85 bits per heavy atom. The first-order chi connectivity index (χ1) is 12.6. The van der Waals surface area contributed by atoms with Crippen molar-refractivity contribution >= 4 is 11.9 Å². The predicted octanol–water partition coefficient (Wildman–Crippen LogP) is 2.21. The number of nitrogens with zero attached hydrogens (tertiary/aromatic N) is 1. The monoisotopic (exact) mass is 364 g/mol. The molecule has 6 nitrogen and oxygen atoms in total. The van der Waals surface area contributed by atoms with Crippen LogP contribution < -0.4 is 20.7 Å². The molecule has 7 heteroatoms. The largest absolute Gasteiger partial charge is 0.489 e. The van der Waals surface area contributed by atoms with Gasteiger partial charge in [0.2, 0.25) is 5.91 Å². The van der Waals surface area contributed by atoms with Crippen molar-refractivity contribution in [1.29, 1.82) is 0 Å². The highest BCUT2D eigenvalue weighted by Crippen LogP contribution is 2.18. The van der Waals surface area contributed by atoms with Gasteiger partial charge < -0.3 is 20.7 Å². The highest BCUT2D eigenvalue weighted by Gasteiger charge is 2.22. The Morgan fingerprint density at radius 1 is 1.38 bits per heavy atom. The Hall–Kier alpha value is -2.31. The van der Waals surface area contributed by atoms with E-state index in [0.717, 1.165) is 25.7 Å². The molecule has 1 aromatic rings. The average molecular weight is 364 g/mol. The van der Waals surface area contributed by atoms with Gasteiger partial charge in [-0.15, -0.1) is 0 Å². The standard InChI is InChI=1S/C19H29FN4O2/c1-3-16(26-17-7-4-6-14(20)12-17)13-23-19(21-2)22-11-5-8-18(25)24-15-9-10-15/h4,6-7,12,15-16H,3,5,8-11,13H2,1-2H3,(H,24,25)(H2,21,22,23). The molecule has 2 rings (SSSR count). The van der Waals surface area contributed by atoms with Crippen molar-refractivity contribution in [2.24, 2.45) is 4.99 Å². The Labute approximate surface area is 154 Å². The summed E-state index contributed by atoms with van der Waals surface area (Å²) in [7, 11) is 1.70. The summed E-state index contributed by atoms with van der Waals surface area (Å²) < 4.78 is 19.0. The van der Waals surface area contributed by atoms with E-state index in [9.17, 15) is 9.18 Å². The summed E-state index contributed by atoms with van der Waals surface area (Å²) in [6.07, 6.45) is 4.16. The van der Waals surface area contributed by atoms with Gasteiger partial charge in [-0.1, -0.05) is 13.0 Å². The van der Waals surface area contributed by atoms with Crippen LogP contribution >= 0.6 is 0 Å². The van der Waals surface area contributed by atoms with E-state index in [2.05, 4.69) is 20.9 Å². The van der Waals surface area contributed by atoms with Crippen molar-refractivity contribution in [2.75, 3.05) is 20.1 Å². The minimum atomic E-state index is -0.312. The molecule has 0 aliphatic heterocycles. The van der Waals surface area contributed by atoms with Crippen molar-refractivity contribution in [3.63, 3.8) is 0 Å². The van der Waals surface area contributed by atoms with Gasteiger partial charge in [-0.05, 0) is 37.8 Å². The quantitative estimate of drug-likeness (QED) is 0.338. The number of ether oxygens (including phenoxy) is 1. The zero-order valence-corrected chi connectivity index (χ0v) is 15.6. The molecule has 0 saturated heterocycles. The lowest BCUT2D eigenvalue weighted by Crippen LogP contribution is -2.42. The molecule has 26 heavy (non-hydrogen) atoms. The number of rotatable bonds is 10. The van der Waals surface area contributed by atoms with Crippen LogP contribution in [-0.4, -0.2) is 44.1 Å². The predicted molar refractivity (Wildman–Crippen MR) is 101 cm³/mol. The molecule has 1 aliphatic rings. The Bertz CT molecular complexity index is 605. The van der Waals surface area contributed by atoms with Crippen LogP contribution in [0.15, 0.2) is 29.3 Å². The molecule has 0 spiro atoms. The second kappa shape index (κ2) is 10.6. The van der Waals surface area contributed by atoms with E-state index < -0.39 is 0 Å². The first-order valence-electron chi connectivity index (χ1n) is 9.26. The van der Waals surface area contributed by atoms with Gasteiger partial charge >= 0.3 is 0 Å². The van der Waals surface area contributed by atoms with E-state index in [4.69, 9.17) is 4.74 Å². The SMILES string of the molecule is CCC(CNC(=NC)NCCCC(=O)NC1CC1)Oc1cccc(F)c1. The van der Waals surface area contributed by atoms with Crippen molar-refractivity contribution < 1.29 is 13.9 Å². The number of benzene rings is 1. The summed E-state index contributed by atoms with van der Waals surface area (Å²) in [4.78, 5) is 15.8. The zero-order valence-electron chi connectivity index (χ0n) is 15.6. The third kappa shape index (κ3) is 7.72. The molecule has 1 aromatic carbocycles. The van der Waals surface area contributed by atoms with Crippen molar-refractivity contribution in [3.05, 3.63) is 30.1 Å². The van der Waals surface area contributed by atoms with E-state index in [-0.39, 0.29) is 17.8 Å². The molecule has 1 fully saturated rings.